The first kappa shape index (κ1) is 30.8. The third kappa shape index (κ3) is 8.57. The molecular formula is C27H52O2SiSn. The van der Waals surface area contributed by atoms with Gasteiger partial charge < -0.3 is 0 Å². The van der Waals surface area contributed by atoms with Gasteiger partial charge in [-0.05, 0) is 0 Å². The normalized spacial score (nSPS) is 13.0. The molecule has 0 aliphatic rings. The van der Waals surface area contributed by atoms with Crippen molar-refractivity contribution in [2.45, 2.75) is 131 Å². The van der Waals surface area contributed by atoms with Crippen molar-refractivity contribution >= 4 is 32.4 Å². The van der Waals surface area contributed by atoms with Gasteiger partial charge in [0, 0.05) is 0 Å². The van der Waals surface area contributed by atoms with Crippen LogP contribution in [-0.4, -0.2) is 39.5 Å². The van der Waals surface area contributed by atoms with E-state index in [1.807, 2.05) is 0 Å². The van der Waals surface area contributed by atoms with Crippen molar-refractivity contribution in [1.29, 1.82) is 0 Å². The van der Waals surface area contributed by atoms with Gasteiger partial charge >= 0.3 is 201 Å². The van der Waals surface area contributed by atoms with Crippen molar-refractivity contribution in [3.8, 4) is 11.5 Å². The first-order valence-corrected chi connectivity index (χ1v) is 22.6. The van der Waals surface area contributed by atoms with Crippen LogP contribution in [0.1, 0.15) is 101 Å². The Bertz CT molecular complexity index is 567. The molecule has 0 saturated carbocycles. The van der Waals surface area contributed by atoms with Crippen LogP contribution in [0.4, 0.5) is 0 Å². The summed E-state index contributed by atoms with van der Waals surface area (Å²) in [6.45, 7) is 20.9. The predicted octanol–water partition coefficient (Wildman–Crippen LogP) is 8.70. The van der Waals surface area contributed by atoms with Crippen LogP contribution in [0.5, 0.6) is 0 Å². The van der Waals surface area contributed by atoms with Gasteiger partial charge in [-0.2, -0.15) is 0 Å². The van der Waals surface area contributed by atoms with E-state index in [4.69, 9.17) is 4.74 Å². The number of carbonyl (C=O) groups is 1. The second-order valence-corrected chi connectivity index (χ2v) is 29.0. The van der Waals surface area contributed by atoms with E-state index in [0.717, 1.165) is 3.59 Å². The van der Waals surface area contributed by atoms with E-state index in [1.54, 1.807) is 7.11 Å². The maximum absolute atomic E-state index is 13.1. The van der Waals surface area contributed by atoms with E-state index in [2.05, 4.69) is 79.9 Å². The molecule has 0 amide bonds. The molecule has 0 bridgehead atoms. The molecule has 0 fully saturated rings. The fraction of sp³-hybridized carbons (Fsp3) is 0.815. The van der Waals surface area contributed by atoms with E-state index in [0.29, 0.717) is 16.6 Å². The molecule has 0 radical (unpaired) electrons. The monoisotopic (exact) mass is 556 g/mol. The van der Waals surface area contributed by atoms with Gasteiger partial charge in [-0.1, -0.05) is 0 Å². The van der Waals surface area contributed by atoms with Gasteiger partial charge in [-0.15, -0.1) is 0 Å². The van der Waals surface area contributed by atoms with E-state index in [9.17, 15) is 4.79 Å². The molecule has 0 aliphatic heterocycles. The van der Waals surface area contributed by atoms with E-state index >= 15 is 0 Å². The van der Waals surface area contributed by atoms with Crippen LogP contribution in [-0.2, 0) is 9.53 Å². The molecule has 0 N–H and O–H groups in total. The number of unbranched alkanes of at least 4 members (excludes halogenated alkanes) is 3. The van der Waals surface area contributed by atoms with Crippen LogP contribution < -0.4 is 0 Å². The van der Waals surface area contributed by atoms with Gasteiger partial charge in [0.2, 0.25) is 0 Å². The average molecular weight is 556 g/mol. The van der Waals surface area contributed by atoms with Gasteiger partial charge in [0.25, 0.3) is 0 Å². The molecule has 0 atom stereocenters. The first-order chi connectivity index (χ1) is 14.6. The van der Waals surface area contributed by atoms with Crippen molar-refractivity contribution in [3.05, 3.63) is 9.67 Å². The molecule has 0 heterocycles. The summed E-state index contributed by atoms with van der Waals surface area (Å²) in [7, 11) is -0.258. The Kier molecular flexibility index (Phi) is 15.5. The van der Waals surface area contributed by atoms with Crippen LogP contribution >= 0.6 is 0 Å². The molecule has 0 spiro atoms. The van der Waals surface area contributed by atoms with Crippen molar-refractivity contribution in [2.75, 3.05) is 7.11 Å². The Morgan fingerprint density at radius 2 is 1.23 bits per heavy atom. The van der Waals surface area contributed by atoms with Gasteiger partial charge in [0.05, 0.1) is 0 Å². The van der Waals surface area contributed by atoms with Crippen molar-refractivity contribution < 1.29 is 9.53 Å². The first-order valence-electron chi connectivity index (χ1n) is 12.9. The molecule has 31 heavy (non-hydrogen) atoms. The molecule has 2 nitrogen and oxygen atoms in total. The van der Waals surface area contributed by atoms with Crippen LogP contribution in [0.2, 0.25) is 29.9 Å². The topological polar surface area (TPSA) is 26.3 Å². The molecule has 0 aromatic heterocycles. The summed E-state index contributed by atoms with van der Waals surface area (Å²) in [4.78, 5) is 13.1. The molecule has 0 rings (SSSR count). The van der Waals surface area contributed by atoms with E-state index < -0.39 is 26.5 Å². The summed E-state index contributed by atoms with van der Waals surface area (Å²) in [6, 6.07) is 0. The number of ether oxygens (including phenoxy) is 1. The Labute approximate surface area is 200 Å². The Balaban J connectivity index is 6.62. The number of hydrogen-bond acceptors (Lipinski definition) is 2. The summed E-state index contributed by atoms with van der Waals surface area (Å²) in [5.41, 5.74) is 5.62. The Morgan fingerprint density at radius 1 is 0.839 bits per heavy atom. The average Bonchev–Trinajstić information content (AvgIpc) is 2.72. The third-order valence-corrected chi connectivity index (χ3v) is 29.2. The number of hydrogen-bond donors (Lipinski definition) is 0. The zero-order chi connectivity index (χ0) is 24.1. The number of rotatable bonds is 14. The second-order valence-electron chi connectivity index (χ2n) is 10.3. The Hall–Kier alpha value is -0.214. The molecule has 0 aromatic carbocycles. The van der Waals surface area contributed by atoms with Gasteiger partial charge in [-0.3, -0.25) is 0 Å². The summed E-state index contributed by atoms with van der Waals surface area (Å²) in [5.74, 6) is 3.44. The number of esters is 1. The van der Waals surface area contributed by atoms with E-state index in [-0.39, 0.29) is 5.97 Å². The van der Waals surface area contributed by atoms with Crippen LogP contribution in [0.15, 0.2) is 9.67 Å². The minimum atomic E-state index is -2.89. The zero-order valence-electron chi connectivity index (χ0n) is 22.5. The second kappa shape index (κ2) is 15.6. The molecule has 0 saturated heterocycles. The minimum absolute atomic E-state index is 0.0840. The quantitative estimate of drug-likeness (QED) is 0.0928. The molecular weight excluding hydrogens is 503 g/mol. The van der Waals surface area contributed by atoms with Gasteiger partial charge in [-0.25, -0.2) is 0 Å². The maximum atomic E-state index is 13.1. The van der Waals surface area contributed by atoms with Crippen molar-refractivity contribution in [1.82, 2.24) is 0 Å². The summed E-state index contributed by atoms with van der Waals surface area (Å²) in [6.07, 6.45) is 9.34. The molecule has 0 aromatic rings. The SMILES string of the molecule is CCC[CH2][Sn]([CH2]CCC)([CH2]CCC)/[C](=C/C#C[Si](C(C)C)(C(C)C)C(C)C)C(=O)OC. The fourth-order valence-electron chi connectivity index (χ4n) is 5.53. The van der Waals surface area contributed by atoms with Crippen LogP contribution in [0.25, 0.3) is 0 Å². The molecule has 4 heteroatoms. The van der Waals surface area contributed by atoms with Gasteiger partial charge in [0.15, 0.2) is 0 Å². The molecule has 0 unspecified atom stereocenters. The number of methoxy groups -OCH3 is 1. The van der Waals surface area contributed by atoms with Crippen molar-refractivity contribution in [2.24, 2.45) is 0 Å². The number of allylic oxidation sites excluding steroid dienone is 1. The molecule has 0 aliphatic carbocycles. The summed E-state index contributed by atoms with van der Waals surface area (Å²) in [5, 5.41) is 0. The van der Waals surface area contributed by atoms with Crippen molar-refractivity contribution in [3.63, 3.8) is 0 Å². The third-order valence-electron chi connectivity index (χ3n) is 7.37. The summed E-state index contributed by atoms with van der Waals surface area (Å²) < 4.78 is 10.2. The van der Waals surface area contributed by atoms with Gasteiger partial charge in [0.1, 0.15) is 0 Å². The molecule has 180 valence electrons. The van der Waals surface area contributed by atoms with Crippen LogP contribution in [0, 0.1) is 11.5 Å². The van der Waals surface area contributed by atoms with E-state index in [1.165, 1.54) is 51.8 Å². The fourth-order valence-corrected chi connectivity index (χ4v) is 26.6. The standard InChI is InChI=1S/C15H25O2Si.3C4H9.Sn/c1-12(2)18(13(3)4,14(5)6)11-9-8-10-15(16)17-7;3*1-3-4-2;/h8,12-14H,1-7H3;3*1,3-4H2,2H3;. The number of carbonyl (C=O) groups excluding carboxylic acids is 1. The van der Waals surface area contributed by atoms with Crippen LogP contribution in [0.3, 0.4) is 0 Å². The zero-order valence-corrected chi connectivity index (χ0v) is 26.3. The Morgan fingerprint density at radius 3 is 1.52 bits per heavy atom. The predicted molar refractivity (Wildman–Crippen MR) is 144 cm³/mol. The summed E-state index contributed by atoms with van der Waals surface area (Å²) >= 11 is -2.89.